The van der Waals surface area contributed by atoms with Crippen molar-refractivity contribution in [2.75, 3.05) is 6.61 Å². The van der Waals surface area contributed by atoms with Crippen molar-refractivity contribution >= 4 is 17.1 Å². The van der Waals surface area contributed by atoms with E-state index in [2.05, 4.69) is 5.32 Å². The number of hydrogen-bond donors (Lipinski definition) is 2. The highest BCUT2D eigenvalue weighted by Gasteiger charge is 2.22. The molecule has 2 rings (SSSR count). The molecule has 0 radical (unpaired) electrons. The second kappa shape index (κ2) is 5.54. The molecule has 1 aromatic heterocycles. The molecule has 0 saturated carbocycles. The number of fused-ring (bicyclic) bond motifs is 1. The molecule has 1 heterocycles. The minimum Gasteiger partial charge on any atom is -0.459 e. The van der Waals surface area contributed by atoms with E-state index in [0.717, 1.165) is 5.39 Å². The van der Waals surface area contributed by atoms with Crippen molar-refractivity contribution in [2.24, 2.45) is 0 Å². The molecule has 0 aliphatic heterocycles. The molecule has 0 saturated heterocycles. The largest absolute Gasteiger partial charge is 0.459 e. The van der Waals surface area contributed by atoms with E-state index in [1.807, 2.05) is 24.3 Å². The Kier molecular flexibility index (Phi) is 3.99. The van der Waals surface area contributed by atoms with Gasteiger partial charge in [0.2, 0.25) is 0 Å². The second-order valence-electron chi connectivity index (χ2n) is 5.57. The van der Waals surface area contributed by atoms with E-state index in [4.69, 9.17) is 9.15 Å². The van der Waals surface area contributed by atoms with Crippen LogP contribution >= 0.6 is 0 Å². The van der Waals surface area contributed by atoms with Crippen molar-refractivity contribution < 1.29 is 19.1 Å². The fourth-order valence-corrected chi connectivity index (χ4v) is 1.83. The lowest BCUT2D eigenvalue weighted by atomic mass is 10.2. The molecule has 0 aliphatic carbocycles. The van der Waals surface area contributed by atoms with Gasteiger partial charge in [0.25, 0.3) is 0 Å². The molecule has 1 amide bonds. The highest BCUT2D eigenvalue weighted by atomic mass is 16.6. The number of aliphatic hydroxyl groups excluding tert-OH is 1. The summed E-state index contributed by atoms with van der Waals surface area (Å²) >= 11 is 0. The summed E-state index contributed by atoms with van der Waals surface area (Å²) in [6.45, 7) is 5.07. The van der Waals surface area contributed by atoms with Crippen LogP contribution < -0.4 is 5.32 Å². The standard InChI is InChI=1S/C15H19NO4/c1-15(2,3)20-14(18)16-11(9-17)13-8-10-6-4-5-7-12(10)19-13/h4-8,11,17H,9H2,1-3H3,(H,16,18)/t11-/m1/s1. The SMILES string of the molecule is CC(C)(C)OC(=O)N[C@H](CO)c1cc2ccccc2o1. The van der Waals surface area contributed by atoms with Gasteiger partial charge in [-0.3, -0.25) is 0 Å². The number of para-hydroxylation sites is 1. The van der Waals surface area contributed by atoms with E-state index in [0.29, 0.717) is 11.3 Å². The van der Waals surface area contributed by atoms with Gasteiger partial charge in [0.1, 0.15) is 23.0 Å². The maximum absolute atomic E-state index is 11.7. The van der Waals surface area contributed by atoms with Crippen LogP contribution in [-0.2, 0) is 4.74 Å². The molecule has 2 aromatic rings. The van der Waals surface area contributed by atoms with Gasteiger partial charge < -0.3 is 19.6 Å². The molecule has 0 bridgehead atoms. The first-order valence-corrected chi connectivity index (χ1v) is 6.48. The quantitative estimate of drug-likeness (QED) is 0.904. The average molecular weight is 277 g/mol. The Labute approximate surface area is 117 Å². The third-order valence-corrected chi connectivity index (χ3v) is 2.66. The molecule has 20 heavy (non-hydrogen) atoms. The maximum atomic E-state index is 11.7. The van der Waals surface area contributed by atoms with E-state index >= 15 is 0 Å². The molecular formula is C15H19NO4. The number of alkyl carbamates (subject to hydrolysis) is 1. The van der Waals surface area contributed by atoms with Crippen LogP contribution in [0.15, 0.2) is 34.7 Å². The predicted molar refractivity (Wildman–Crippen MR) is 75.4 cm³/mol. The first-order chi connectivity index (χ1) is 9.39. The maximum Gasteiger partial charge on any atom is 0.408 e. The number of hydrogen-bond acceptors (Lipinski definition) is 4. The summed E-state index contributed by atoms with van der Waals surface area (Å²) in [6.07, 6.45) is -0.586. The van der Waals surface area contributed by atoms with Crippen molar-refractivity contribution in [3.63, 3.8) is 0 Å². The van der Waals surface area contributed by atoms with E-state index in [-0.39, 0.29) is 6.61 Å². The highest BCUT2D eigenvalue weighted by Crippen LogP contribution is 2.23. The van der Waals surface area contributed by atoms with Gasteiger partial charge in [-0.2, -0.15) is 0 Å². The van der Waals surface area contributed by atoms with E-state index in [1.165, 1.54) is 0 Å². The molecule has 0 unspecified atom stereocenters. The minimum absolute atomic E-state index is 0.265. The molecule has 0 aliphatic rings. The lowest BCUT2D eigenvalue weighted by Crippen LogP contribution is -2.36. The zero-order valence-electron chi connectivity index (χ0n) is 11.8. The smallest absolute Gasteiger partial charge is 0.408 e. The van der Waals surface area contributed by atoms with Crippen LogP contribution in [0.2, 0.25) is 0 Å². The molecule has 2 N–H and O–H groups in total. The zero-order valence-corrected chi connectivity index (χ0v) is 11.8. The molecule has 5 nitrogen and oxygen atoms in total. The Balaban J connectivity index is 2.13. The van der Waals surface area contributed by atoms with Crippen molar-refractivity contribution in [2.45, 2.75) is 32.4 Å². The van der Waals surface area contributed by atoms with Crippen molar-refractivity contribution in [3.05, 3.63) is 36.1 Å². The summed E-state index contributed by atoms with van der Waals surface area (Å²) in [5.41, 5.74) is 0.129. The fourth-order valence-electron chi connectivity index (χ4n) is 1.83. The number of aliphatic hydroxyl groups is 1. The molecular weight excluding hydrogens is 258 g/mol. The molecule has 5 heteroatoms. The van der Waals surface area contributed by atoms with Crippen LogP contribution in [-0.4, -0.2) is 23.4 Å². The van der Waals surface area contributed by atoms with Gasteiger partial charge in [0.05, 0.1) is 6.61 Å². The van der Waals surface area contributed by atoms with Crippen molar-refractivity contribution in [3.8, 4) is 0 Å². The predicted octanol–water partition coefficient (Wildman–Crippen LogP) is 2.99. The number of carbonyl (C=O) groups excluding carboxylic acids is 1. The van der Waals surface area contributed by atoms with Crippen LogP contribution in [0, 0.1) is 0 Å². The Morgan fingerprint density at radius 2 is 2.10 bits per heavy atom. The van der Waals surface area contributed by atoms with E-state index in [9.17, 15) is 9.90 Å². The summed E-state index contributed by atoms with van der Waals surface area (Å²) < 4.78 is 10.8. The lowest BCUT2D eigenvalue weighted by molar-refractivity contribution is 0.0473. The number of furan rings is 1. The van der Waals surface area contributed by atoms with Gasteiger partial charge in [-0.25, -0.2) is 4.79 Å². The number of carbonyl (C=O) groups is 1. The van der Waals surface area contributed by atoms with Gasteiger partial charge in [-0.05, 0) is 32.9 Å². The van der Waals surface area contributed by atoms with Gasteiger partial charge in [-0.15, -0.1) is 0 Å². The summed E-state index contributed by atoms with van der Waals surface area (Å²) in [7, 11) is 0. The second-order valence-corrected chi connectivity index (χ2v) is 5.57. The van der Waals surface area contributed by atoms with E-state index < -0.39 is 17.7 Å². The van der Waals surface area contributed by atoms with Gasteiger partial charge >= 0.3 is 6.09 Å². The zero-order chi connectivity index (χ0) is 14.8. The van der Waals surface area contributed by atoms with Crippen LogP contribution in [0.4, 0.5) is 4.79 Å². The minimum atomic E-state index is -0.628. The number of nitrogens with one attached hydrogen (secondary N) is 1. The Morgan fingerprint density at radius 3 is 2.70 bits per heavy atom. The van der Waals surface area contributed by atoms with Crippen LogP contribution in [0.5, 0.6) is 0 Å². The molecule has 1 atom stereocenters. The topological polar surface area (TPSA) is 71.7 Å². The third kappa shape index (κ3) is 3.51. The van der Waals surface area contributed by atoms with Crippen molar-refractivity contribution in [1.29, 1.82) is 0 Å². The Bertz CT molecular complexity index is 564. The third-order valence-electron chi connectivity index (χ3n) is 2.66. The summed E-state index contributed by atoms with van der Waals surface area (Å²) in [5.74, 6) is 0.500. The van der Waals surface area contributed by atoms with E-state index in [1.54, 1.807) is 26.8 Å². The first kappa shape index (κ1) is 14.4. The number of ether oxygens (including phenoxy) is 1. The number of amides is 1. The van der Waals surface area contributed by atoms with Crippen LogP contribution in [0.3, 0.4) is 0 Å². The Morgan fingerprint density at radius 1 is 1.40 bits per heavy atom. The number of rotatable bonds is 3. The first-order valence-electron chi connectivity index (χ1n) is 6.48. The van der Waals surface area contributed by atoms with Gasteiger partial charge in [0, 0.05) is 5.39 Å². The van der Waals surface area contributed by atoms with Crippen LogP contribution in [0.25, 0.3) is 11.0 Å². The van der Waals surface area contributed by atoms with Crippen LogP contribution in [0.1, 0.15) is 32.6 Å². The van der Waals surface area contributed by atoms with Crippen molar-refractivity contribution in [1.82, 2.24) is 5.32 Å². The summed E-state index contributed by atoms with van der Waals surface area (Å²) in [6, 6.07) is 8.68. The van der Waals surface area contributed by atoms with Gasteiger partial charge in [-0.1, -0.05) is 18.2 Å². The monoisotopic (exact) mass is 277 g/mol. The normalized spacial score (nSPS) is 13.2. The summed E-state index contributed by atoms with van der Waals surface area (Å²) in [5, 5.41) is 12.9. The fraction of sp³-hybridized carbons (Fsp3) is 0.400. The number of benzene rings is 1. The average Bonchev–Trinajstić information content (AvgIpc) is 2.77. The lowest BCUT2D eigenvalue weighted by Gasteiger charge is -2.21. The Hall–Kier alpha value is -2.01. The molecule has 0 fully saturated rings. The summed E-state index contributed by atoms with van der Waals surface area (Å²) in [4.78, 5) is 11.7. The highest BCUT2D eigenvalue weighted by molar-refractivity contribution is 5.78. The van der Waals surface area contributed by atoms with Gasteiger partial charge in [0.15, 0.2) is 0 Å². The molecule has 1 aromatic carbocycles. The molecule has 108 valence electrons. The molecule has 0 spiro atoms.